The van der Waals surface area contributed by atoms with Gasteiger partial charge in [-0.2, -0.15) is 0 Å². The fraction of sp³-hybridized carbons (Fsp3) is 0.300. The predicted molar refractivity (Wildman–Crippen MR) is 100 cm³/mol. The molecule has 1 saturated heterocycles. The highest BCUT2D eigenvalue weighted by Crippen LogP contribution is 2.16. The van der Waals surface area contributed by atoms with Crippen molar-refractivity contribution in [2.24, 2.45) is 0 Å². The standard InChI is InChI=1S/C20H22FN3O3/c21-16-6-8-17(9-7-16)23-10-12-24(13-11-23)20(26)14-22-19(25)15-27-18-4-2-1-3-5-18/h1-9H,10-15H2,(H,22,25). The highest BCUT2D eigenvalue weighted by Gasteiger charge is 2.21. The lowest BCUT2D eigenvalue weighted by Gasteiger charge is -2.36. The van der Waals surface area contributed by atoms with Crippen LogP contribution in [0.1, 0.15) is 0 Å². The number of hydrogen-bond donors (Lipinski definition) is 1. The van der Waals surface area contributed by atoms with Gasteiger partial charge in [-0.05, 0) is 36.4 Å². The van der Waals surface area contributed by atoms with Gasteiger partial charge in [0.15, 0.2) is 6.61 Å². The number of nitrogens with zero attached hydrogens (tertiary/aromatic N) is 2. The number of hydrogen-bond acceptors (Lipinski definition) is 4. The Morgan fingerprint density at radius 2 is 1.63 bits per heavy atom. The normalized spacial score (nSPS) is 14.0. The van der Waals surface area contributed by atoms with E-state index in [2.05, 4.69) is 10.2 Å². The molecule has 6 nitrogen and oxygen atoms in total. The third-order valence-electron chi connectivity index (χ3n) is 4.37. The number of benzene rings is 2. The van der Waals surface area contributed by atoms with Crippen LogP contribution in [0.4, 0.5) is 10.1 Å². The minimum absolute atomic E-state index is 0.0481. The number of halogens is 1. The Morgan fingerprint density at radius 3 is 2.30 bits per heavy atom. The van der Waals surface area contributed by atoms with Crippen LogP contribution in [-0.4, -0.2) is 56.0 Å². The Balaban J connectivity index is 1.38. The van der Waals surface area contributed by atoms with Crippen LogP contribution in [0.5, 0.6) is 5.75 Å². The minimum atomic E-state index is -0.336. The second kappa shape index (κ2) is 9.02. The molecular weight excluding hydrogens is 349 g/mol. The third-order valence-corrected chi connectivity index (χ3v) is 4.37. The summed E-state index contributed by atoms with van der Waals surface area (Å²) in [6.45, 7) is 2.28. The van der Waals surface area contributed by atoms with Crippen molar-refractivity contribution in [3.8, 4) is 5.75 Å². The Bertz CT molecular complexity index is 760. The van der Waals surface area contributed by atoms with Gasteiger partial charge < -0.3 is 19.9 Å². The van der Waals surface area contributed by atoms with E-state index in [-0.39, 0.29) is 30.8 Å². The molecule has 3 rings (SSSR count). The molecule has 1 aliphatic rings. The van der Waals surface area contributed by atoms with Gasteiger partial charge >= 0.3 is 0 Å². The molecule has 2 amide bonds. The summed E-state index contributed by atoms with van der Waals surface area (Å²) in [5, 5.41) is 2.59. The highest BCUT2D eigenvalue weighted by atomic mass is 19.1. The van der Waals surface area contributed by atoms with Crippen molar-refractivity contribution in [1.29, 1.82) is 0 Å². The number of ether oxygens (including phenoxy) is 1. The van der Waals surface area contributed by atoms with Gasteiger partial charge in [0.05, 0.1) is 6.54 Å². The lowest BCUT2D eigenvalue weighted by atomic mass is 10.2. The van der Waals surface area contributed by atoms with E-state index in [1.165, 1.54) is 12.1 Å². The van der Waals surface area contributed by atoms with Gasteiger partial charge in [0, 0.05) is 31.9 Å². The summed E-state index contributed by atoms with van der Waals surface area (Å²) in [4.78, 5) is 27.9. The van der Waals surface area contributed by atoms with Crippen molar-refractivity contribution < 1.29 is 18.7 Å². The highest BCUT2D eigenvalue weighted by molar-refractivity contribution is 5.85. The lowest BCUT2D eigenvalue weighted by Crippen LogP contribution is -2.51. The number of anilines is 1. The molecule has 0 aliphatic carbocycles. The topological polar surface area (TPSA) is 61.9 Å². The van der Waals surface area contributed by atoms with E-state index in [1.807, 2.05) is 18.2 Å². The molecule has 27 heavy (non-hydrogen) atoms. The Morgan fingerprint density at radius 1 is 0.963 bits per heavy atom. The zero-order valence-corrected chi connectivity index (χ0v) is 14.9. The maximum atomic E-state index is 13.0. The molecule has 0 unspecified atom stereocenters. The molecule has 0 aromatic heterocycles. The summed E-state index contributed by atoms with van der Waals surface area (Å²) in [6, 6.07) is 15.4. The van der Waals surface area contributed by atoms with Crippen molar-refractivity contribution in [1.82, 2.24) is 10.2 Å². The zero-order valence-electron chi connectivity index (χ0n) is 14.9. The first-order valence-electron chi connectivity index (χ1n) is 8.84. The van der Waals surface area contributed by atoms with E-state index in [9.17, 15) is 14.0 Å². The summed E-state index contributed by atoms with van der Waals surface area (Å²) in [5.74, 6) is -0.116. The van der Waals surface area contributed by atoms with Gasteiger partial charge in [0.1, 0.15) is 11.6 Å². The van der Waals surface area contributed by atoms with Crippen molar-refractivity contribution in [3.63, 3.8) is 0 Å². The first kappa shape index (κ1) is 18.7. The van der Waals surface area contributed by atoms with Gasteiger partial charge in [-0.15, -0.1) is 0 Å². The molecule has 1 heterocycles. The maximum Gasteiger partial charge on any atom is 0.258 e. The van der Waals surface area contributed by atoms with E-state index in [0.29, 0.717) is 31.9 Å². The quantitative estimate of drug-likeness (QED) is 0.839. The predicted octanol–water partition coefficient (Wildman–Crippen LogP) is 1.67. The SMILES string of the molecule is O=C(COc1ccccc1)NCC(=O)N1CCN(c2ccc(F)cc2)CC1. The number of carbonyl (C=O) groups excluding carboxylic acids is 2. The Labute approximate surface area is 157 Å². The van der Waals surface area contributed by atoms with Gasteiger partial charge in [0.2, 0.25) is 5.91 Å². The average molecular weight is 371 g/mol. The fourth-order valence-electron chi connectivity index (χ4n) is 2.87. The van der Waals surface area contributed by atoms with Crippen molar-refractivity contribution in [2.45, 2.75) is 0 Å². The molecule has 2 aromatic rings. The average Bonchev–Trinajstić information content (AvgIpc) is 2.72. The zero-order chi connectivity index (χ0) is 19.1. The molecule has 0 bridgehead atoms. The van der Waals surface area contributed by atoms with Gasteiger partial charge in [0.25, 0.3) is 5.91 Å². The molecule has 0 spiro atoms. The molecule has 0 radical (unpaired) electrons. The van der Waals surface area contributed by atoms with Crippen LogP contribution in [-0.2, 0) is 9.59 Å². The number of piperazine rings is 1. The monoisotopic (exact) mass is 371 g/mol. The van der Waals surface area contributed by atoms with Gasteiger partial charge in [-0.1, -0.05) is 18.2 Å². The molecular formula is C20H22FN3O3. The smallest absolute Gasteiger partial charge is 0.258 e. The number of para-hydroxylation sites is 1. The first-order valence-corrected chi connectivity index (χ1v) is 8.84. The number of amides is 2. The van der Waals surface area contributed by atoms with Crippen LogP contribution in [0.15, 0.2) is 54.6 Å². The first-order chi connectivity index (χ1) is 13.1. The van der Waals surface area contributed by atoms with Crippen LogP contribution in [0.3, 0.4) is 0 Å². The second-order valence-electron chi connectivity index (χ2n) is 6.22. The molecule has 7 heteroatoms. The van der Waals surface area contributed by atoms with E-state index in [0.717, 1.165) is 5.69 Å². The summed E-state index contributed by atoms with van der Waals surface area (Å²) < 4.78 is 18.4. The van der Waals surface area contributed by atoms with Crippen molar-refractivity contribution in [3.05, 3.63) is 60.4 Å². The van der Waals surface area contributed by atoms with Gasteiger partial charge in [-0.25, -0.2) is 4.39 Å². The summed E-state index contributed by atoms with van der Waals surface area (Å²) >= 11 is 0. The summed E-state index contributed by atoms with van der Waals surface area (Å²) in [6.07, 6.45) is 0. The van der Waals surface area contributed by atoms with Crippen LogP contribution in [0.2, 0.25) is 0 Å². The molecule has 0 atom stereocenters. The minimum Gasteiger partial charge on any atom is -0.484 e. The Hall–Kier alpha value is -3.09. The molecule has 1 aliphatic heterocycles. The maximum absolute atomic E-state index is 13.0. The van der Waals surface area contributed by atoms with E-state index >= 15 is 0 Å². The van der Waals surface area contributed by atoms with Crippen LogP contribution < -0.4 is 15.0 Å². The molecule has 2 aromatic carbocycles. The third kappa shape index (κ3) is 5.44. The van der Waals surface area contributed by atoms with Crippen molar-refractivity contribution in [2.75, 3.05) is 44.2 Å². The fourth-order valence-corrected chi connectivity index (χ4v) is 2.87. The lowest BCUT2D eigenvalue weighted by molar-refractivity contribution is -0.133. The summed E-state index contributed by atoms with van der Waals surface area (Å²) in [5.41, 5.74) is 0.940. The molecule has 1 N–H and O–H groups in total. The van der Waals surface area contributed by atoms with Gasteiger partial charge in [-0.3, -0.25) is 9.59 Å². The Kier molecular flexibility index (Phi) is 6.25. The second-order valence-corrected chi connectivity index (χ2v) is 6.22. The van der Waals surface area contributed by atoms with Crippen molar-refractivity contribution >= 4 is 17.5 Å². The van der Waals surface area contributed by atoms with Crippen LogP contribution in [0, 0.1) is 5.82 Å². The molecule has 1 fully saturated rings. The number of nitrogens with one attached hydrogen (secondary N) is 1. The van der Waals surface area contributed by atoms with E-state index < -0.39 is 0 Å². The molecule has 142 valence electrons. The largest absolute Gasteiger partial charge is 0.484 e. The number of rotatable bonds is 6. The van der Waals surface area contributed by atoms with E-state index in [4.69, 9.17) is 4.74 Å². The summed E-state index contributed by atoms with van der Waals surface area (Å²) in [7, 11) is 0. The van der Waals surface area contributed by atoms with E-state index in [1.54, 1.807) is 29.2 Å². The molecule has 0 saturated carbocycles. The van der Waals surface area contributed by atoms with Crippen LogP contribution in [0.25, 0.3) is 0 Å². The number of carbonyl (C=O) groups is 2. The van der Waals surface area contributed by atoms with Crippen LogP contribution >= 0.6 is 0 Å².